The number of fused-ring (bicyclic) bond motifs is 1. The maximum Gasteiger partial charge on any atom is 0.261 e. The van der Waals surface area contributed by atoms with Crippen LogP contribution < -0.4 is 10.1 Å². The van der Waals surface area contributed by atoms with Gasteiger partial charge in [0.05, 0.1) is 6.04 Å². The Bertz CT molecular complexity index is 720. The molecule has 1 aromatic carbocycles. The zero-order valence-electron chi connectivity index (χ0n) is 15.4. The Kier molecular flexibility index (Phi) is 5.15. The quantitative estimate of drug-likeness (QED) is 0.859. The smallest absolute Gasteiger partial charge is 0.261 e. The van der Waals surface area contributed by atoms with Gasteiger partial charge in [0.15, 0.2) is 6.61 Å². The lowest BCUT2D eigenvalue weighted by atomic mass is 10.1. The van der Waals surface area contributed by atoms with Crippen LogP contribution in [0.25, 0.3) is 0 Å². The number of ether oxygens (including phenoxy) is 1. The first-order valence-corrected chi connectivity index (χ1v) is 8.91. The van der Waals surface area contributed by atoms with Gasteiger partial charge in [-0.25, -0.2) is 0 Å². The van der Waals surface area contributed by atoms with E-state index in [4.69, 9.17) is 4.74 Å². The molecule has 1 aromatic rings. The third kappa shape index (κ3) is 3.81. The minimum atomic E-state index is -0.518. The van der Waals surface area contributed by atoms with Gasteiger partial charge in [0, 0.05) is 26.1 Å². The highest BCUT2D eigenvalue weighted by Gasteiger charge is 2.45. The highest BCUT2D eigenvalue weighted by molar-refractivity contribution is 5.89. The number of nitrogens with one attached hydrogen (secondary N) is 1. The van der Waals surface area contributed by atoms with E-state index in [0.717, 1.165) is 5.56 Å². The first-order chi connectivity index (χ1) is 12.3. The van der Waals surface area contributed by atoms with E-state index in [1.54, 1.807) is 16.7 Å². The number of carbonyl (C=O) groups excluding carboxylic acids is 3. The lowest BCUT2D eigenvalue weighted by molar-refractivity contribution is -0.153. The summed E-state index contributed by atoms with van der Waals surface area (Å²) in [5.41, 5.74) is 1.06. The largest absolute Gasteiger partial charge is 0.484 e. The minimum absolute atomic E-state index is 0.0488. The number of hydrogen-bond acceptors (Lipinski definition) is 4. The average molecular weight is 359 g/mol. The average Bonchev–Trinajstić information content (AvgIpc) is 2.98. The first-order valence-electron chi connectivity index (χ1n) is 8.91. The summed E-state index contributed by atoms with van der Waals surface area (Å²) in [6, 6.07) is 6.89. The molecule has 2 aliphatic heterocycles. The van der Waals surface area contributed by atoms with Crippen LogP contribution in [0.1, 0.15) is 25.8 Å². The van der Waals surface area contributed by atoms with Crippen LogP contribution in [-0.2, 0) is 14.4 Å². The summed E-state index contributed by atoms with van der Waals surface area (Å²) in [4.78, 5) is 39.9. The Hall–Kier alpha value is -2.57. The Balaban J connectivity index is 1.62. The third-order valence-electron chi connectivity index (χ3n) is 5.01. The molecule has 0 aliphatic carbocycles. The minimum Gasteiger partial charge on any atom is -0.484 e. The molecular weight excluding hydrogens is 334 g/mol. The monoisotopic (exact) mass is 359 g/mol. The van der Waals surface area contributed by atoms with Crippen molar-refractivity contribution < 1.29 is 19.1 Å². The van der Waals surface area contributed by atoms with Crippen LogP contribution in [0.3, 0.4) is 0 Å². The van der Waals surface area contributed by atoms with Crippen molar-refractivity contribution in [1.82, 2.24) is 15.1 Å². The second-order valence-electron chi connectivity index (χ2n) is 7.10. The molecule has 2 saturated heterocycles. The van der Waals surface area contributed by atoms with E-state index < -0.39 is 6.04 Å². The van der Waals surface area contributed by atoms with Crippen LogP contribution in [0.5, 0.6) is 5.75 Å². The molecular formula is C19H25N3O4. The van der Waals surface area contributed by atoms with Crippen LogP contribution in [0.2, 0.25) is 0 Å². The zero-order valence-corrected chi connectivity index (χ0v) is 15.4. The Labute approximate surface area is 153 Å². The number of amides is 3. The molecule has 1 N–H and O–H groups in total. The van der Waals surface area contributed by atoms with Crippen LogP contribution in [-0.4, -0.2) is 65.3 Å². The summed E-state index contributed by atoms with van der Waals surface area (Å²) >= 11 is 0. The van der Waals surface area contributed by atoms with E-state index in [1.807, 2.05) is 31.2 Å². The van der Waals surface area contributed by atoms with Crippen molar-refractivity contribution in [2.45, 2.75) is 45.3 Å². The molecule has 2 aliphatic rings. The number of rotatable bonds is 4. The Morgan fingerprint density at radius 2 is 2.08 bits per heavy atom. The van der Waals surface area contributed by atoms with E-state index >= 15 is 0 Å². The normalized spacial score (nSPS) is 25.0. The molecule has 0 spiro atoms. The van der Waals surface area contributed by atoms with Gasteiger partial charge in [-0.2, -0.15) is 0 Å². The molecule has 0 saturated carbocycles. The van der Waals surface area contributed by atoms with Crippen LogP contribution in [0.15, 0.2) is 24.3 Å². The number of aryl methyl sites for hydroxylation is 1. The molecule has 0 aromatic heterocycles. The van der Waals surface area contributed by atoms with Crippen molar-refractivity contribution in [3.8, 4) is 5.75 Å². The Morgan fingerprint density at radius 1 is 1.31 bits per heavy atom. The predicted molar refractivity (Wildman–Crippen MR) is 95.6 cm³/mol. The van der Waals surface area contributed by atoms with Gasteiger partial charge in [0.1, 0.15) is 11.8 Å². The molecule has 140 valence electrons. The van der Waals surface area contributed by atoms with Gasteiger partial charge >= 0.3 is 0 Å². The molecule has 2 heterocycles. The SMILES string of the molecule is CC(=O)N[C@H]1C[C@H]2CN(C(=O)COc3cccc(C)c3)[C@@H](C)C(=O)N2C1. The van der Waals surface area contributed by atoms with Gasteiger partial charge in [-0.15, -0.1) is 0 Å². The van der Waals surface area contributed by atoms with Crippen LogP contribution >= 0.6 is 0 Å². The van der Waals surface area contributed by atoms with Crippen molar-refractivity contribution in [2.24, 2.45) is 0 Å². The van der Waals surface area contributed by atoms with E-state index in [2.05, 4.69) is 5.32 Å². The third-order valence-corrected chi connectivity index (χ3v) is 5.01. The Morgan fingerprint density at radius 3 is 2.77 bits per heavy atom. The summed E-state index contributed by atoms with van der Waals surface area (Å²) in [6.45, 7) is 6.06. The predicted octanol–water partition coefficient (Wildman–Crippen LogP) is 0.710. The molecule has 26 heavy (non-hydrogen) atoms. The summed E-state index contributed by atoms with van der Waals surface area (Å²) in [5.74, 6) is 0.269. The fourth-order valence-electron chi connectivity index (χ4n) is 3.76. The van der Waals surface area contributed by atoms with Gasteiger partial charge < -0.3 is 19.9 Å². The van der Waals surface area contributed by atoms with Crippen LogP contribution in [0.4, 0.5) is 0 Å². The van der Waals surface area contributed by atoms with E-state index in [-0.39, 0.29) is 36.4 Å². The van der Waals surface area contributed by atoms with Crippen molar-refractivity contribution in [3.05, 3.63) is 29.8 Å². The zero-order chi connectivity index (χ0) is 18.8. The van der Waals surface area contributed by atoms with E-state index in [0.29, 0.717) is 25.3 Å². The molecule has 0 unspecified atom stereocenters. The summed E-state index contributed by atoms with van der Waals surface area (Å²) in [6.07, 6.45) is 0.667. The molecule has 0 radical (unpaired) electrons. The number of hydrogen-bond donors (Lipinski definition) is 1. The molecule has 3 amide bonds. The second kappa shape index (κ2) is 7.35. The van der Waals surface area contributed by atoms with Crippen molar-refractivity contribution in [2.75, 3.05) is 19.7 Å². The maximum atomic E-state index is 12.7. The van der Waals surface area contributed by atoms with Crippen molar-refractivity contribution in [1.29, 1.82) is 0 Å². The second-order valence-corrected chi connectivity index (χ2v) is 7.10. The molecule has 3 rings (SSSR count). The van der Waals surface area contributed by atoms with E-state index in [9.17, 15) is 14.4 Å². The number of nitrogens with zero attached hydrogens (tertiary/aromatic N) is 2. The topological polar surface area (TPSA) is 79.0 Å². The van der Waals surface area contributed by atoms with Crippen molar-refractivity contribution >= 4 is 17.7 Å². The fraction of sp³-hybridized carbons (Fsp3) is 0.526. The molecule has 2 fully saturated rings. The summed E-state index contributed by atoms with van der Waals surface area (Å²) < 4.78 is 5.60. The van der Waals surface area contributed by atoms with Gasteiger partial charge in [0.2, 0.25) is 11.8 Å². The van der Waals surface area contributed by atoms with Gasteiger partial charge in [0.25, 0.3) is 5.91 Å². The number of piperazine rings is 1. The highest BCUT2D eigenvalue weighted by Crippen LogP contribution is 2.26. The lowest BCUT2D eigenvalue weighted by Crippen LogP contribution is -2.60. The molecule has 3 atom stereocenters. The van der Waals surface area contributed by atoms with Gasteiger partial charge in [-0.3, -0.25) is 14.4 Å². The standard InChI is InChI=1S/C19H25N3O4/c1-12-5-4-6-17(7-12)26-11-18(24)21-10-16-8-15(20-14(3)23)9-22(16)19(25)13(21)2/h4-7,13,15-16H,8-11H2,1-3H3,(H,20,23)/t13-,15-,16-/m0/s1. The van der Waals surface area contributed by atoms with Crippen molar-refractivity contribution in [3.63, 3.8) is 0 Å². The number of benzene rings is 1. The number of carbonyl (C=O) groups is 3. The maximum absolute atomic E-state index is 12.7. The summed E-state index contributed by atoms with van der Waals surface area (Å²) in [7, 11) is 0. The molecule has 7 nitrogen and oxygen atoms in total. The lowest BCUT2D eigenvalue weighted by Gasteiger charge is -2.41. The summed E-state index contributed by atoms with van der Waals surface area (Å²) in [5, 5.41) is 2.87. The fourth-order valence-corrected chi connectivity index (χ4v) is 3.76. The molecule has 0 bridgehead atoms. The molecule has 7 heteroatoms. The first kappa shape index (κ1) is 18.2. The van der Waals surface area contributed by atoms with Gasteiger partial charge in [-0.05, 0) is 38.0 Å². The van der Waals surface area contributed by atoms with Crippen LogP contribution in [0, 0.1) is 6.92 Å². The highest BCUT2D eigenvalue weighted by atomic mass is 16.5. The van der Waals surface area contributed by atoms with E-state index in [1.165, 1.54) is 6.92 Å². The van der Waals surface area contributed by atoms with Gasteiger partial charge in [-0.1, -0.05) is 12.1 Å².